The Kier molecular flexibility index (Phi) is 10.3. The number of hydrogen-bond acceptors (Lipinski definition) is 8. The largest absolute Gasteiger partial charge is 0.490 e. The van der Waals surface area contributed by atoms with Gasteiger partial charge in [0.15, 0.2) is 5.60 Å². The van der Waals surface area contributed by atoms with Crippen molar-refractivity contribution in [2.45, 2.75) is 26.4 Å². The maximum atomic E-state index is 12.7. The first-order valence-corrected chi connectivity index (χ1v) is 9.52. The molecule has 0 unspecified atom stereocenters. The summed E-state index contributed by atoms with van der Waals surface area (Å²) < 4.78 is 20.2. The summed E-state index contributed by atoms with van der Waals surface area (Å²) in [6, 6.07) is 8.08. The molecule has 1 aromatic carbocycles. The van der Waals surface area contributed by atoms with Crippen molar-refractivity contribution < 1.29 is 38.1 Å². The van der Waals surface area contributed by atoms with Gasteiger partial charge in [-0.05, 0) is 45.0 Å². The summed E-state index contributed by atoms with van der Waals surface area (Å²) in [7, 11) is 0. The van der Waals surface area contributed by atoms with Crippen molar-refractivity contribution >= 4 is 23.9 Å². The summed E-state index contributed by atoms with van der Waals surface area (Å²) in [6.45, 7) is 7.89. The second kappa shape index (κ2) is 12.6. The number of hydrogen-bond donors (Lipinski definition) is 2. The average Bonchev–Trinajstić information content (AvgIpc) is 2.73. The van der Waals surface area contributed by atoms with Gasteiger partial charge < -0.3 is 24.3 Å². The van der Waals surface area contributed by atoms with E-state index in [-0.39, 0.29) is 31.9 Å². The van der Waals surface area contributed by atoms with Gasteiger partial charge in [0, 0.05) is 17.2 Å². The molecule has 0 aliphatic heterocycles. The second-order valence-corrected chi connectivity index (χ2v) is 6.85. The number of nitrogens with one attached hydrogen (secondary N) is 2. The van der Waals surface area contributed by atoms with E-state index in [2.05, 4.69) is 11.9 Å². The van der Waals surface area contributed by atoms with Gasteiger partial charge >= 0.3 is 18.2 Å². The number of benzene rings is 1. The molecule has 10 nitrogen and oxygen atoms in total. The van der Waals surface area contributed by atoms with E-state index < -0.39 is 29.5 Å². The number of terminal acetylenes is 1. The fourth-order valence-electron chi connectivity index (χ4n) is 2.17. The van der Waals surface area contributed by atoms with Crippen LogP contribution in [0.1, 0.15) is 31.1 Å². The summed E-state index contributed by atoms with van der Waals surface area (Å²) in [5, 5.41) is 4.43. The van der Waals surface area contributed by atoms with E-state index in [4.69, 9.17) is 25.4 Å². The van der Waals surface area contributed by atoms with Gasteiger partial charge in [-0.3, -0.25) is 4.79 Å². The van der Waals surface area contributed by atoms with Crippen LogP contribution in [-0.2, 0) is 19.0 Å². The zero-order valence-corrected chi connectivity index (χ0v) is 18.2. The second-order valence-electron chi connectivity index (χ2n) is 6.85. The van der Waals surface area contributed by atoms with E-state index in [9.17, 15) is 19.2 Å². The Hall–Kier alpha value is -4.00. The van der Waals surface area contributed by atoms with Crippen LogP contribution in [-0.4, -0.2) is 55.9 Å². The van der Waals surface area contributed by atoms with Gasteiger partial charge in [-0.2, -0.15) is 0 Å². The van der Waals surface area contributed by atoms with Crippen molar-refractivity contribution in [3.05, 3.63) is 42.0 Å². The summed E-state index contributed by atoms with van der Waals surface area (Å²) in [5.41, 5.74) is -0.897. The third-order valence-corrected chi connectivity index (χ3v) is 3.72. The van der Waals surface area contributed by atoms with Crippen molar-refractivity contribution in [1.29, 1.82) is 0 Å². The van der Waals surface area contributed by atoms with Crippen LogP contribution in [0.25, 0.3) is 0 Å². The van der Waals surface area contributed by atoms with Gasteiger partial charge in [0.05, 0.1) is 6.54 Å². The molecule has 1 rings (SSSR count). The van der Waals surface area contributed by atoms with Crippen LogP contribution in [0.4, 0.5) is 9.59 Å². The van der Waals surface area contributed by atoms with Gasteiger partial charge in [-0.1, -0.05) is 13.0 Å². The van der Waals surface area contributed by atoms with E-state index in [0.29, 0.717) is 11.3 Å². The Morgan fingerprint density at radius 2 is 1.69 bits per heavy atom. The molecular weight excluding hydrogens is 420 g/mol. The van der Waals surface area contributed by atoms with E-state index in [1.54, 1.807) is 12.1 Å². The highest BCUT2D eigenvalue weighted by atomic mass is 16.6. The molecule has 0 fully saturated rings. The smallest absolute Gasteiger partial charge is 0.418 e. The molecule has 2 amide bonds. The van der Waals surface area contributed by atoms with Crippen LogP contribution in [0, 0.1) is 12.5 Å². The van der Waals surface area contributed by atoms with E-state index >= 15 is 0 Å². The molecule has 0 atom stereocenters. The van der Waals surface area contributed by atoms with Crippen molar-refractivity contribution in [3.8, 4) is 18.2 Å². The van der Waals surface area contributed by atoms with Crippen LogP contribution in [0.5, 0.6) is 5.75 Å². The first-order valence-electron chi connectivity index (χ1n) is 9.52. The molecule has 0 aliphatic rings. The normalized spacial score (nSPS) is 10.2. The molecular formula is C22H26N2O8. The Morgan fingerprint density at radius 1 is 1.03 bits per heavy atom. The quantitative estimate of drug-likeness (QED) is 0.101. The van der Waals surface area contributed by atoms with Gasteiger partial charge in [0.25, 0.3) is 0 Å². The van der Waals surface area contributed by atoms with Crippen molar-refractivity contribution in [1.82, 2.24) is 10.6 Å². The molecule has 0 saturated carbocycles. The Bertz CT molecular complexity index is 884. The van der Waals surface area contributed by atoms with Crippen LogP contribution in [0.15, 0.2) is 36.4 Å². The van der Waals surface area contributed by atoms with Gasteiger partial charge in [-0.15, -0.1) is 0 Å². The summed E-state index contributed by atoms with van der Waals surface area (Å²) >= 11 is 0. The Balaban J connectivity index is 2.48. The maximum absolute atomic E-state index is 12.7. The lowest BCUT2D eigenvalue weighted by Crippen LogP contribution is -2.41. The highest BCUT2D eigenvalue weighted by Gasteiger charge is 2.33. The Labute approximate surface area is 186 Å². The molecule has 172 valence electrons. The molecule has 0 radical (unpaired) electrons. The highest BCUT2D eigenvalue weighted by Crippen LogP contribution is 2.20. The third kappa shape index (κ3) is 9.21. The molecule has 0 aromatic heterocycles. The molecule has 10 heteroatoms. The number of carbonyl (C=O) groups excluding carboxylic acids is 4. The first-order chi connectivity index (χ1) is 15.1. The van der Waals surface area contributed by atoms with Gasteiger partial charge in [-0.25, -0.2) is 19.7 Å². The molecule has 1 aromatic rings. The summed E-state index contributed by atoms with van der Waals surface area (Å²) in [4.78, 5) is 46.9. The fraction of sp³-hybridized carbons (Fsp3) is 0.364. The number of carbonyl (C=O) groups is 4. The zero-order chi connectivity index (χ0) is 24.1. The zero-order valence-electron chi connectivity index (χ0n) is 18.2. The lowest BCUT2D eigenvalue weighted by molar-refractivity contribution is -0.138. The third-order valence-electron chi connectivity index (χ3n) is 3.72. The number of ether oxygens (including phenoxy) is 4. The van der Waals surface area contributed by atoms with Gasteiger partial charge in [0.2, 0.25) is 5.78 Å². The molecule has 32 heavy (non-hydrogen) atoms. The highest BCUT2D eigenvalue weighted by molar-refractivity contribution is 6.03. The average molecular weight is 446 g/mol. The molecule has 0 bridgehead atoms. The first kappa shape index (κ1) is 26.0. The number of rotatable bonds is 11. The lowest BCUT2D eigenvalue weighted by Gasteiger charge is -2.24. The van der Waals surface area contributed by atoms with E-state index in [0.717, 1.165) is 0 Å². The molecule has 0 aliphatic carbocycles. The minimum Gasteiger partial charge on any atom is -0.490 e. The van der Waals surface area contributed by atoms with Crippen LogP contribution < -0.4 is 15.4 Å². The van der Waals surface area contributed by atoms with Gasteiger partial charge in [0.1, 0.15) is 25.6 Å². The lowest BCUT2D eigenvalue weighted by atomic mass is 9.96. The number of Topliss-reactive ketones (excluding diaryl/α,β-unsaturated/α-hetero) is 1. The predicted molar refractivity (Wildman–Crippen MR) is 114 cm³/mol. The predicted octanol–water partition coefficient (Wildman–Crippen LogP) is 2.19. The number of amides is 2. The van der Waals surface area contributed by atoms with Crippen molar-refractivity contribution in [3.63, 3.8) is 0 Å². The van der Waals surface area contributed by atoms with Crippen molar-refractivity contribution in [2.75, 3.05) is 26.4 Å². The summed E-state index contributed by atoms with van der Waals surface area (Å²) in [6.07, 6.45) is 3.31. The molecule has 0 spiro atoms. The molecule has 0 heterocycles. The minimum absolute atomic E-state index is 0.0161. The SMILES string of the molecule is C#CNC(=O)OCCOc1ccc(C(=O)C(C)(C)OC(=O)NCCOC(=O)C(=C)C)cc1. The maximum Gasteiger partial charge on any atom is 0.418 e. The van der Waals surface area contributed by atoms with E-state index in [1.807, 2.05) is 11.4 Å². The standard InChI is InChI=1S/C22H26N2O8/c1-6-23-20(27)31-14-13-29-17-9-7-16(8-10-17)18(25)22(4,5)32-21(28)24-11-12-30-19(26)15(2)3/h1,7-10H,2,11-14H2,3-5H3,(H,23,27)(H,24,28). The summed E-state index contributed by atoms with van der Waals surface area (Å²) in [5.74, 6) is -0.546. The monoisotopic (exact) mass is 446 g/mol. The van der Waals surface area contributed by atoms with Crippen LogP contribution in [0.3, 0.4) is 0 Å². The number of esters is 1. The Morgan fingerprint density at radius 3 is 2.28 bits per heavy atom. The van der Waals surface area contributed by atoms with Crippen LogP contribution in [0.2, 0.25) is 0 Å². The van der Waals surface area contributed by atoms with E-state index in [1.165, 1.54) is 32.9 Å². The van der Waals surface area contributed by atoms with Crippen molar-refractivity contribution in [2.24, 2.45) is 0 Å². The number of ketones is 1. The topological polar surface area (TPSA) is 129 Å². The number of alkyl carbamates (subject to hydrolysis) is 2. The van der Waals surface area contributed by atoms with Crippen LogP contribution >= 0.6 is 0 Å². The molecule has 0 saturated heterocycles. The molecule has 2 N–H and O–H groups in total. The fourth-order valence-corrected chi connectivity index (χ4v) is 2.17. The minimum atomic E-state index is -1.45.